The first kappa shape index (κ1) is 28.0. The first-order valence-electron chi connectivity index (χ1n) is 11.9. The summed E-state index contributed by atoms with van der Waals surface area (Å²) in [5, 5.41) is 12.2. The maximum absolute atomic E-state index is 12.7. The maximum atomic E-state index is 12.7. The molecule has 1 atom stereocenters. The van der Waals surface area contributed by atoms with E-state index in [1.807, 2.05) is 6.07 Å². The zero-order valence-electron chi connectivity index (χ0n) is 20.8. The molecule has 8 nitrogen and oxygen atoms in total. The van der Waals surface area contributed by atoms with E-state index in [0.29, 0.717) is 22.3 Å². The fourth-order valence-corrected chi connectivity index (χ4v) is 5.43. The molecule has 37 heavy (non-hydrogen) atoms. The molecule has 0 unspecified atom stereocenters. The number of ketones is 1. The molecule has 0 radical (unpaired) electrons. The summed E-state index contributed by atoms with van der Waals surface area (Å²) >= 11 is 0. The van der Waals surface area contributed by atoms with Crippen LogP contribution in [-0.4, -0.2) is 42.0 Å². The van der Waals surface area contributed by atoms with Gasteiger partial charge in [-0.15, -0.1) is 0 Å². The zero-order chi connectivity index (χ0) is 26.8. The third kappa shape index (κ3) is 7.95. The molecular formula is C28H30NO7P. The van der Waals surface area contributed by atoms with Gasteiger partial charge in [0.25, 0.3) is 5.91 Å². The number of nitrogens with one attached hydrogen (secondary N) is 1. The van der Waals surface area contributed by atoms with Gasteiger partial charge in [-0.25, -0.2) is 4.79 Å². The Hall–Kier alpha value is -3.58. The number of benzene rings is 3. The van der Waals surface area contributed by atoms with Crippen molar-refractivity contribution in [1.29, 1.82) is 0 Å². The van der Waals surface area contributed by atoms with E-state index < -0.39 is 25.5 Å². The van der Waals surface area contributed by atoms with Crippen LogP contribution < -0.4 is 5.32 Å². The molecule has 2 N–H and O–H groups in total. The van der Waals surface area contributed by atoms with Crippen LogP contribution >= 0.6 is 7.60 Å². The maximum Gasteiger partial charge on any atom is 0.335 e. The summed E-state index contributed by atoms with van der Waals surface area (Å²) in [5.74, 6) is -1.85. The molecule has 3 aromatic rings. The number of carboxylic acids is 1. The fourth-order valence-electron chi connectivity index (χ4n) is 3.73. The Labute approximate surface area is 216 Å². The number of rotatable bonds is 13. The van der Waals surface area contributed by atoms with Crippen LogP contribution in [0.15, 0.2) is 78.9 Å². The molecule has 0 aliphatic heterocycles. The molecule has 0 aliphatic rings. The van der Waals surface area contributed by atoms with E-state index in [0.717, 1.165) is 0 Å². The fraction of sp³-hybridized carbons (Fsp3) is 0.250. The van der Waals surface area contributed by atoms with Crippen molar-refractivity contribution in [3.05, 3.63) is 107 Å². The summed E-state index contributed by atoms with van der Waals surface area (Å²) in [7, 11) is -3.28. The van der Waals surface area contributed by atoms with Gasteiger partial charge >= 0.3 is 13.6 Å². The average Bonchev–Trinajstić information content (AvgIpc) is 2.89. The molecule has 0 bridgehead atoms. The number of amides is 1. The number of aliphatic carboxylic acids is 1. The summed E-state index contributed by atoms with van der Waals surface area (Å²) in [6.07, 6.45) is 0.113. The van der Waals surface area contributed by atoms with E-state index in [1.165, 1.54) is 12.1 Å². The van der Waals surface area contributed by atoms with Gasteiger partial charge in [0.2, 0.25) is 0 Å². The van der Waals surface area contributed by atoms with E-state index in [-0.39, 0.29) is 37.1 Å². The lowest BCUT2D eigenvalue weighted by Crippen LogP contribution is -2.42. The number of hydrogen-bond donors (Lipinski definition) is 2. The normalized spacial score (nSPS) is 12.1. The highest BCUT2D eigenvalue weighted by Crippen LogP contribution is 2.51. The van der Waals surface area contributed by atoms with Crippen molar-refractivity contribution < 1.29 is 33.1 Å². The van der Waals surface area contributed by atoms with Crippen molar-refractivity contribution in [3.63, 3.8) is 0 Å². The van der Waals surface area contributed by atoms with Crippen LogP contribution in [0.5, 0.6) is 0 Å². The van der Waals surface area contributed by atoms with Crippen LogP contribution in [0.3, 0.4) is 0 Å². The minimum atomic E-state index is -3.28. The van der Waals surface area contributed by atoms with Crippen LogP contribution in [-0.2, 0) is 31.0 Å². The first-order chi connectivity index (χ1) is 17.7. The Bertz CT molecular complexity index is 1250. The molecule has 0 heterocycles. The van der Waals surface area contributed by atoms with E-state index in [1.54, 1.807) is 74.5 Å². The minimum absolute atomic E-state index is 0.0465. The van der Waals surface area contributed by atoms with Crippen molar-refractivity contribution in [1.82, 2.24) is 5.32 Å². The topological polar surface area (TPSA) is 119 Å². The van der Waals surface area contributed by atoms with Gasteiger partial charge in [-0.2, -0.15) is 0 Å². The highest BCUT2D eigenvalue weighted by molar-refractivity contribution is 7.53. The second-order valence-electron chi connectivity index (χ2n) is 8.26. The van der Waals surface area contributed by atoms with E-state index in [2.05, 4.69) is 5.32 Å². The molecular weight excluding hydrogens is 493 g/mol. The molecule has 0 aromatic heterocycles. The minimum Gasteiger partial charge on any atom is -0.480 e. The second kappa shape index (κ2) is 13.1. The molecule has 0 spiro atoms. The van der Waals surface area contributed by atoms with Crippen LogP contribution in [0.25, 0.3) is 0 Å². The third-order valence-corrected chi connectivity index (χ3v) is 7.59. The van der Waals surface area contributed by atoms with Crippen molar-refractivity contribution >= 4 is 25.3 Å². The lowest BCUT2D eigenvalue weighted by molar-refractivity contribution is -0.139. The largest absolute Gasteiger partial charge is 0.480 e. The van der Waals surface area contributed by atoms with Gasteiger partial charge in [0, 0.05) is 23.1 Å². The zero-order valence-corrected chi connectivity index (χ0v) is 21.6. The van der Waals surface area contributed by atoms with Gasteiger partial charge in [0.1, 0.15) is 6.04 Å². The van der Waals surface area contributed by atoms with E-state index >= 15 is 0 Å². The number of hydrogen-bond acceptors (Lipinski definition) is 6. The van der Waals surface area contributed by atoms with Gasteiger partial charge in [-0.05, 0) is 37.1 Å². The molecule has 0 saturated heterocycles. The Morgan fingerprint density at radius 3 is 1.84 bits per heavy atom. The molecule has 1 amide bonds. The Morgan fingerprint density at radius 1 is 0.784 bits per heavy atom. The van der Waals surface area contributed by atoms with Crippen LogP contribution in [0.2, 0.25) is 0 Å². The van der Waals surface area contributed by atoms with Gasteiger partial charge < -0.3 is 19.5 Å². The smallest absolute Gasteiger partial charge is 0.335 e. The lowest BCUT2D eigenvalue weighted by atomic mass is 9.99. The highest BCUT2D eigenvalue weighted by atomic mass is 31.2. The van der Waals surface area contributed by atoms with E-state index in [9.17, 15) is 24.1 Å². The molecule has 0 aliphatic carbocycles. The summed E-state index contributed by atoms with van der Waals surface area (Å²) in [6.45, 7) is 3.97. The Balaban J connectivity index is 1.64. The standard InChI is InChI=1S/C28H30NO7P/c1-3-35-37(34,36-4-2)19-21-12-16-24(17-13-21)27(31)29-25(28(32)33)18-20-10-14-23(15-11-20)26(30)22-8-6-5-7-9-22/h5-17,25H,3-4,18-19H2,1-2H3,(H,29,31)(H,32,33)/t25-/m1/s1. The first-order valence-corrected chi connectivity index (χ1v) is 13.7. The predicted octanol–water partition coefficient (Wildman–Crippen LogP) is 5.11. The van der Waals surface area contributed by atoms with Gasteiger partial charge in [-0.3, -0.25) is 14.2 Å². The molecule has 3 rings (SSSR count). The van der Waals surface area contributed by atoms with Crippen LogP contribution in [0.1, 0.15) is 51.3 Å². The van der Waals surface area contributed by atoms with Crippen LogP contribution in [0, 0.1) is 0 Å². The van der Waals surface area contributed by atoms with Gasteiger partial charge in [-0.1, -0.05) is 66.7 Å². The van der Waals surface area contributed by atoms with Crippen molar-refractivity contribution in [2.75, 3.05) is 13.2 Å². The van der Waals surface area contributed by atoms with Crippen molar-refractivity contribution in [2.45, 2.75) is 32.5 Å². The summed E-state index contributed by atoms with van der Waals surface area (Å²) in [4.78, 5) is 37.1. The molecule has 0 fully saturated rings. The van der Waals surface area contributed by atoms with E-state index in [4.69, 9.17) is 9.05 Å². The molecule has 194 valence electrons. The number of carboxylic acid groups (broad SMARTS) is 1. The number of carbonyl (C=O) groups is 3. The average molecular weight is 524 g/mol. The molecule has 0 saturated carbocycles. The van der Waals surface area contributed by atoms with Gasteiger partial charge in [0.05, 0.1) is 19.4 Å². The van der Waals surface area contributed by atoms with Gasteiger partial charge in [0.15, 0.2) is 5.78 Å². The lowest BCUT2D eigenvalue weighted by Gasteiger charge is -2.17. The highest BCUT2D eigenvalue weighted by Gasteiger charge is 2.25. The quantitative estimate of drug-likeness (QED) is 0.236. The Kier molecular flexibility index (Phi) is 9.92. The van der Waals surface area contributed by atoms with Crippen LogP contribution in [0.4, 0.5) is 0 Å². The Morgan fingerprint density at radius 2 is 1.30 bits per heavy atom. The second-order valence-corrected chi connectivity index (χ2v) is 10.3. The SMILES string of the molecule is CCOP(=O)(Cc1ccc(C(=O)N[C@H](Cc2ccc(C(=O)c3ccccc3)cc2)C(=O)O)cc1)OCC. The monoisotopic (exact) mass is 523 g/mol. The number of carbonyl (C=O) groups excluding carboxylic acids is 2. The predicted molar refractivity (Wildman–Crippen MR) is 140 cm³/mol. The summed E-state index contributed by atoms with van der Waals surface area (Å²) in [6, 6.07) is 20.7. The third-order valence-electron chi connectivity index (χ3n) is 5.54. The summed E-state index contributed by atoms with van der Waals surface area (Å²) < 4.78 is 23.3. The van der Waals surface area contributed by atoms with Crippen molar-refractivity contribution in [3.8, 4) is 0 Å². The summed E-state index contributed by atoms with van der Waals surface area (Å²) in [5.41, 5.74) is 2.65. The molecule has 3 aromatic carbocycles. The van der Waals surface area contributed by atoms with Crippen molar-refractivity contribution in [2.24, 2.45) is 0 Å². The molecule has 9 heteroatoms.